The second kappa shape index (κ2) is 8.70. The van der Waals surface area contributed by atoms with Gasteiger partial charge in [0.2, 0.25) is 5.91 Å². The molecule has 0 aliphatic heterocycles. The number of nitro benzene ring substituents is 1. The molecule has 2 aromatic carbocycles. The van der Waals surface area contributed by atoms with Crippen LogP contribution in [0.1, 0.15) is 10.4 Å². The van der Waals surface area contributed by atoms with E-state index in [4.69, 9.17) is 27.9 Å². The van der Waals surface area contributed by atoms with Crippen molar-refractivity contribution in [2.24, 2.45) is 0 Å². The van der Waals surface area contributed by atoms with Gasteiger partial charge in [0, 0.05) is 24.2 Å². The number of benzene rings is 2. The Hall–Kier alpha value is -2.84. The van der Waals surface area contributed by atoms with Crippen LogP contribution >= 0.6 is 23.2 Å². The van der Waals surface area contributed by atoms with Crippen LogP contribution in [-0.4, -0.2) is 42.3 Å². The summed E-state index contributed by atoms with van der Waals surface area (Å²) in [5, 5.41) is 13.9. The van der Waals surface area contributed by atoms with Gasteiger partial charge < -0.3 is 15.0 Å². The van der Waals surface area contributed by atoms with Crippen molar-refractivity contribution in [2.75, 3.05) is 26.0 Å². The predicted molar refractivity (Wildman–Crippen MR) is 102 cm³/mol. The average Bonchev–Trinajstić information content (AvgIpc) is 2.61. The third-order valence-electron chi connectivity index (χ3n) is 3.55. The minimum Gasteiger partial charge on any atom is -0.495 e. The molecule has 142 valence electrons. The van der Waals surface area contributed by atoms with Gasteiger partial charge in [-0.2, -0.15) is 0 Å². The van der Waals surface area contributed by atoms with E-state index in [9.17, 15) is 19.7 Å². The fourth-order valence-electron chi connectivity index (χ4n) is 2.25. The quantitative estimate of drug-likeness (QED) is 0.577. The molecule has 0 bridgehead atoms. The smallest absolute Gasteiger partial charge is 0.270 e. The number of carbonyl (C=O) groups excluding carboxylic acids is 2. The number of likely N-dealkylation sites (N-methyl/N-ethyl adjacent to an activating group) is 1. The summed E-state index contributed by atoms with van der Waals surface area (Å²) in [5.41, 5.74) is 0.00926. The molecule has 0 heterocycles. The number of nitro groups is 1. The van der Waals surface area contributed by atoms with Gasteiger partial charge in [-0.25, -0.2) is 0 Å². The van der Waals surface area contributed by atoms with E-state index in [-0.39, 0.29) is 22.8 Å². The van der Waals surface area contributed by atoms with E-state index < -0.39 is 16.7 Å². The molecule has 10 heteroatoms. The Bertz CT molecular complexity index is 904. The average molecular weight is 412 g/mol. The molecular weight excluding hydrogens is 397 g/mol. The number of hydrogen-bond acceptors (Lipinski definition) is 5. The molecule has 0 spiro atoms. The van der Waals surface area contributed by atoms with Gasteiger partial charge in [-0.15, -0.1) is 0 Å². The summed E-state index contributed by atoms with van der Waals surface area (Å²) in [5.74, 6) is -0.728. The van der Waals surface area contributed by atoms with Crippen LogP contribution in [-0.2, 0) is 4.79 Å². The number of methoxy groups -OCH3 is 1. The summed E-state index contributed by atoms with van der Waals surface area (Å²) in [4.78, 5) is 36.1. The van der Waals surface area contributed by atoms with E-state index in [1.165, 1.54) is 32.4 Å². The lowest BCUT2D eigenvalue weighted by Gasteiger charge is -2.18. The van der Waals surface area contributed by atoms with Crippen LogP contribution in [0, 0.1) is 10.1 Å². The Morgan fingerprint density at radius 3 is 2.56 bits per heavy atom. The van der Waals surface area contributed by atoms with Crippen LogP contribution in [0.15, 0.2) is 36.4 Å². The summed E-state index contributed by atoms with van der Waals surface area (Å²) in [6.07, 6.45) is 0. The van der Waals surface area contributed by atoms with Crippen LogP contribution in [0.25, 0.3) is 0 Å². The summed E-state index contributed by atoms with van der Waals surface area (Å²) >= 11 is 11.9. The first-order valence-electron chi connectivity index (χ1n) is 7.55. The molecule has 0 aliphatic rings. The Balaban J connectivity index is 2.13. The number of non-ortho nitro benzene ring substituents is 1. The number of nitrogens with zero attached hydrogens (tertiary/aromatic N) is 2. The minimum absolute atomic E-state index is 0.0503. The maximum Gasteiger partial charge on any atom is 0.270 e. The first-order valence-corrected chi connectivity index (χ1v) is 8.31. The van der Waals surface area contributed by atoms with Gasteiger partial charge in [0.1, 0.15) is 5.75 Å². The molecule has 8 nitrogen and oxygen atoms in total. The maximum absolute atomic E-state index is 12.5. The van der Waals surface area contributed by atoms with Crippen LogP contribution in [0.2, 0.25) is 10.0 Å². The van der Waals surface area contributed by atoms with Crippen molar-refractivity contribution in [3.05, 3.63) is 62.1 Å². The van der Waals surface area contributed by atoms with E-state index >= 15 is 0 Å². The van der Waals surface area contributed by atoms with Crippen molar-refractivity contribution in [2.45, 2.75) is 0 Å². The normalized spacial score (nSPS) is 10.2. The molecule has 0 aliphatic carbocycles. The molecule has 0 unspecified atom stereocenters. The number of anilines is 1. The second-order valence-electron chi connectivity index (χ2n) is 5.48. The third kappa shape index (κ3) is 5.08. The number of ether oxygens (including phenoxy) is 1. The van der Waals surface area contributed by atoms with Gasteiger partial charge in [-0.3, -0.25) is 19.7 Å². The van der Waals surface area contributed by atoms with E-state index in [2.05, 4.69) is 5.32 Å². The van der Waals surface area contributed by atoms with Crippen LogP contribution in [0.4, 0.5) is 11.4 Å². The Morgan fingerprint density at radius 1 is 1.22 bits per heavy atom. The third-order valence-corrected chi connectivity index (χ3v) is 4.12. The maximum atomic E-state index is 12.5. The van der Waals surface area contributed by atoms with Gasteiger partial charge in [0.05, 0.1) is 34.9 Å². The van der Waals surface area contributed by atoms with Crippen molar-refractivity contribution in [1.82, 2.24) is 4.90 Å². The molecule has 0 aromatic heterocycles. The van der Waals surface area contributed by atoms with Crippen LogP contribution < -0.4 is 10.1 Å². The molecule has 0 saturated carbocycles. The van der Waals surface area contributed by atoms with E-state index in [0.29, 0.717) is 16.5 Å². The lowest BCUT2D eigenvalue weighted by Crippen LogP contribution is -2.35. The molecule has 0 radical (unpaired) electrons. The number of nitrogens with one attached hydrogen (secondary N) is 1. The van der Waals surface area contributed by atoms with Crippen LogP contribution in [0.3, 0.4) is 0 Å². The van der Waals surface area contributed by atoms with Crippen molar-refractivity contribution >= 4 is 46.4 Å². The SMILES string of the molecule is COc1ccc(Cl)cc1NC(=O)CN(C)C(=O)c1cc([N+](=O)[O-])ccc1Cl. The molecule has 2 rings (SSSR count). The van der Waals surface area contributed by atoms with Gasteiger partial charge in [-0.1, -0.05) is 23.2 Å². The summed E-state index contributed by atoms with van der Waals surface area (Å²) in [6, 6.07) is 8.23. The summed E-state index contributed by atoms with van der Waals surface area (Å²) < 4.78 is 5.14. The molecule has 2 amide bonds. The Morgan fingerprint density at radius 2 is 1.93 bits per heavy atom. The highest BCUT2D eigenvalue weighted by atomic mass is 35.5. The monoisotopic (exact) mass is 411 g/mol. The Labute approximate surface area is 164 Å². The number of carbonyl (C=O) groups is 2. The highest BCUT2D eigenvalue weighted by Gasteiger charge is 2.21. The Kier molecular flexibility index (Phi) is 6.59. The highest BCUT2D eigenvalue weighted by Crippen LogP contribution is 2.28. The fraction of sp³-hybridized carbons (Fsp3) is 0.176. The molecule has 2 aromatic rings. The molecule has 1 N–H and O–H groups in total. The fourth-order valence-corrected chi connectivity index (χ4v) is 2.62. The van der Waals surface area contributed by atoms with E-state index in [0.717, 1.165) is 11.0 Å². The van der Waals surface area contributed by atoms with Gasteiger partial charge in [0.25, 0.3) is 11.6 Å². The zero-order chi connectivity index (χ0) is 20.1. The first kappa shape index (κ1) is 20.5. The summed E-state index contributed by atoms with van der Waals surface area (Å²) in [7, 11) is 2.82. The lowest BCUT2D eigenvalue weighted by atomic mass is 10.1. The molecule has 27 heavy (non-hydrogen) atoms. The van der Waals surface area contributed by atoms with Crippen molar-refractivity contribution in [3.63, 3.8) is 0 Å². The first-order chi connectivity index (χ1) is 12.7. The topological polar surface area (TPSA) is 102 Å². The van der Waals surface area contributed by atoms with Crippen molar-refractivity contribution in [3.8, 4) is 5.75 Å². The van der Waals surface area contributed by atoms with Crippen molar-refractivity contribution in [1.29, 1.82) is 0 Å². The molecular formula is C17H15Cl2N3O5. The number of amides is 2. The molecule has 0 atom stereocenters. The number of rotatable bonds is 6. The van der Waals surface area contributed by atoms with Crippen LogP contribution in [0.5, 0.6) is 5.75 Å². The number of halogens is 2. The van der Waals surface area contributed by atoms with Gasteiger partial charge in [0.15, 0.2) is 0 Å². The van der Waals surface area contributed by atoms with Gasteiger partial charge >= 0.3 is 0 Å². The summed E-state index contributed by atoms with van der Waals surface area (Å²) in [6.45, 7) is -0.312. The lowest BCUT2D eigenvalue weighted by molar-refractivity contribution is -0.384. The van der Waals surface area contributed by atoms with E-state index in [1.807, 2.05) is 0 Å². The molecule has 0 fully saturated rings. The standard InChI is InChI=1S/C17H15Cl2N3O5/c1-21(17(24)12-8-11(22(25)26)4-5-13(12)19)9-16(23)20-14-7-10(18)3-6-15(14)27-2/h3-8H,9H2,1-2H3,(H,20,23). The van der Waals surface area contributed by atoms with E-state index in [1.54, 1.807) is 12.1 Å². The van der Waals surface area contributed by atoms with Gasteiger partial charge in [-0.05, 0) is 24.3 Å². The predicted octanol–water partition coefficient (Wildman–Crippen LogP) is 3.62. The minimum atomic E-state index is -0.634. The second-order valence-corrected chi connectivity index (χ2v) is 6.32. The zero-order valence-electron chi connectivity index (χ0n) is 14.4. The number of hydrogen-bond donors (Lipinski definition) is 1. The largest absolute Gasteiger partial charge is 0.495 e. The molecule has 0 saturated heterocycles. The zero-order valence-corrected chi connectivity index (χ0v) is 15.9. The van der Waals surface area contributed by atoms with Crippen molar-refractivity contribution < 1.29 is 19.2 Å². The highest BCUT2D eigenvalue weighted by molar-refractivity contribution is 6.34.